The van der Waals surface area contributed by atoms with Crippen molar-refractivity contribution in [3.63, 3.8) is 0 Å². The Morgan fingerprint density at radius 1 is 1.31 bits per heavy atom. The average molecular weight is 188 g/mol. The molecule has 0 fully saturated rings. The molecule has 2 atom stereocenters. The van der Waals surface area contributed by atoms with Crippen molar-refractivity contribution in [3.8, 4) is 0 Å². The van der Waals surface area contributed by atoms with Gasteiger partial charge in [0.2, 0.25) is 0 Å². The largest absolute Gasteiger partial charge is 0.390 e. The van der Waals surface area contributed by atoms with E-state index in [2.05, 4.69) is 34.6 Å². The zero-order chi connectivity index (χ0) is 10.6. The first-order chi connectivity index (χ1) is 5.86. The van der Waals surface area contributed by atoms with Crippen LogP contribution >= 0.6 is 0 Å². The number of ether oxygens (including phenoxy) is 1. The van der Waals surface area contributed by atoms with Gasteiger partial charge < -0.3 is 9.84 Å². The van der Waals surface area contributed by atoms with Gasteiger partial charge >= 0.3 is 0 Å². The van der Waals surface area contributed by atoms with Gasteiger partial charge in [-0.3, -0.25) is 0 Å². The summed E-state index contributed by atoms with van der Waals surface area (Å²) in [7, 11) is 1.67. The second-order valence-electron chi connectivity index (χ2n) is 4.73. The Balaban J connectivity index is 4.44. The third-order valence-electron chi connectivity index (χ3n) is 2.95. The lowest BCUT2D eigenvalue weighted by atomic mass is 9.78. The molecule has 0 aromatic carbocycles. The van der Waals surface area contributed by atoms with E-state index in [0.717, 1.165) is 6.42 Å². The fourth-order valence-corrected chi connectivity index (χ4v) is 1.42. The van der Waals surface area contributed by atoms with Crippen LogP contribution in [0.4, 0.5) is 0 Å². The average Bonchev–Trinajstić information content (AvgIpc) is 2.05. The molecule has 1 N–H and O–H groups in total. The Labute approximate surface area is 82.3 Å². The monoisotopic (exact) mass is 188 g/mol. The van der Waals surface area contributed by atoms with Gasteiger partial charge in [-0.1, -0.05) is 34.6 Å². The highest BCUT2D eigenvalue weighted by Crippen LogP contribution is 2.30. The molecule has 0 aromatic heterocycles. The number of hydrogen-bond acceptors (Lipinski definition) is 2. The van der Waals surface area contributed by atoms with Gasteiger partial charge in [-0.05, 0) is 17.8 Å². The fraction of sp³-hybridized carbons (Fsp3) is 1.00. The molecule has 0 aliphatic carbocycles. The third kappa shape index (κ3) is 3.28. The Morgan fingerprint density at radius 3 is 2.00 bits per heavy atom. The SMILES string of the molecule is CCC(C)(C)C(O)C(OC)C(C)C. The molecule has 0 radical (unpaired) electrons. The van der Waals surface area contributed by atoms with Crippen LogP contribution in [0.2, 0.25) is 0 Å². The number of methoxy groups -OCH3 is 1. The van der Waals surface area contributed by atoms with Crippen molar-refractivity contribution < 1.29 is 9.84 Å². The molecule has 0 amide bonds. The number of hydrogen-bond donors (Lipinski definition) is 1. The van der Waals surface area contributed by atoms with Crippen LogP contribution in [0, 0.1) is 11.3 Å². The van der Waals surface area contributed by atoms with Gasteiger partial charge in [0.1, 0.15) is 0 Å². The quantitative estimate of drug-likeness (QED) is 0.718. The van der Waals surface area contributed by atoms with Gasteiger partial charge in [-0.15, -0.1) is 0 Å². The summed E-state index contributed by atoms with van der Waals surface area (Å²) in [6, 6.07) is 0. The van der Waals surface area contributed by atoms with E-state index in [1.165, 1.54) is 0 Å². The first-order valence-electron chi connectivity index (χ1n) is 5.07. The minimum absolute atomic E-state index is 0.0602. The van der Waals surface area contributed by atoms with Crippen LogP contribution in [-0.2, 0) is 4.74 Å². The zero-order valence-corrected chi connectivity index (χ0v) is 9.79. The summed E-state index contributed by atoms with van der Waals surface area (Å²) < 4.78 is 5.31. The maximum absolute atomic E-state index is 10.1. The van der Waals surface area contributed by atoms with E-state index in [4.69, 9.17) is 4.74 Å². The molecule has 0 rings (SSSR count). The lowest BCUT2D eigenvalue weighted by Gasteiger charge is -2.36. The summed E-state index contributed by atoms with van der Waals surface area (Å²) in [5.41, 5.74) is -0.0645. The molecule has 2 nitrogen and oxygen atoms in total. The van der Waals surface area contributed by atoms with Crippen LogP contribution in [0.15, 0.2) is 0 Å². The maximum Gasteiger partial charge on any atom is 0.0858 e. The smallest absolute Gasteiger partial charge is 0.0858 e. The Bertz CT molecular complexity index is 141. The predicted molar refractivity (Wildman–Crippen MR) is 55.7 cm³/mol. The number of aliphatic hydroxyl groups excluding tert-OH is 1. The van der Waals surface area contributed by atoms with Crippen molar-refractivity contribution in [1.82, 2.24) is 0 Å². The van der Waals surface area contributed by atoms with E-state index in [1.807, 2.05) is 0 Å². The predicted octanol–water partition coefficient (Wildman–Crippen LogP) is 2.45. The molecule has 0 bridgehead atoms. The summed E-state index contributed by atoms with van der Waals surface area (Å²) in [5.74, 6) is 0.353. The Morgan fingerprint density at radius 2 is 1.77 bits per heavy atom. The molecule has 13 heavy (non-hydrogen) atoms. The summed E-state index contributed by atoms with van der Waals surface area (Å²) in [5, 5.41) is 10.1. The fourth-order valence-electron chi connectivity index (χ4n) is 1.42. The molecule has 0 aliphatic rings. The number of rotatable bonds is 5. The first-order valence-corrected chi connectivity index (χ1v) is 5.07. The molecule has 0 saturated heterocycles. The molecule has 0 aromatic rings. The van der Waals surface area contributed by atoms with E-state index < -0.39 is 0 Å². The number of aliphatic hydroxyl groups is 1. The highest BCUT2D eigenvalue weighted by molar-refractivity contribution is 4.84. The first kappa shape index (κ1) is 12.9. The van der Waals surface area contributed by atoms with E-state index in [0.29, 0.717) is 5.92 Å². The lowest BCUT2D eigenvalue weighted by molar-refractivity contribution is -0.0905. The van der Waals surface area contributed by atoms with Gasteiger partial charge in [0.25, 0.3) is 0 Å². The standard InChI is InChI=1S/C11H24O2/c1-7-11(4,5)10(12)9(13-6)8(2)3/h8-10,12H,7H2,1-6H3. The summed E-state index contributed by atoms with van der Waals surface area (Å²) >= 11 is 0. The van der Waals surface area contributed by atoms with Crippen molar-refractivity contribution in [1.29, 1.82) is 0 Å². The van der Waals surface area contributed by atoms with Crippen LogP contribution in [0.5, 0.6) is 0 Å². The second-order valence-corrected chi connectivity index (χ2v) is 4.73. The summed E-state index contributed by atoms with van der Waals surface area (Å²) in [6.45, 7) is 10.4. The van der Waals surface area contributed by atoms with Gasteiger partial charge in [0.05, 0.1) is 12.2 Å². The minimum atomic E-state index is -0.387. The molecule has 2 heteroatoms. The molecule has 80 valence electrons. The minimum Gasteiger partial charge on any atom is -0.390 e. The van der Waals surface area contributed by atoms with Crippen LogP contribution in [0.3, 0.4) is 0 Å². The van der Waals surface area contributed by atoms with E-state index >= 15 is 0 Å². The molecular formula is C11H24O2. The van der Waals surface area contributed by atoms with Crippen LogP contribution in [0.1, 0.15) is 41.0 Å². The highest BCUT2D eigenvalue weighted by atomic mass is 16.5. The van der Waals surface area contributed by atoms with Crippen molar-refractivity contribution in [3.05, 3.63) is 0 Å². The van der Waals surface area contributed by atoms with Gasteiger partial charge in [-0.2, -0.15) is 0 Å². The van der Waals surface area contributed by atoms with E-state index in [-0.39, 0.29) is 17.6 Å². The maximum atomic E-state index is 10.1. The van der Waals surface area contributed by atoms with Crippen molar-refractivity contribution in [2.75, 3.05) is 7.11 Å². The van der Waals surface area contributed by atoms with Crippen LogP contribution in [-0.4, -0.2) is 24.4 Å². The molecule has 0 saturated carbocycles. The normalized spacial score (nSPS) is 17.5. The Hall–Kier alpha value is -0.0800. The topological polar surface area (TPSA) is 29.5 Å². The Kier molecular flexibility index (Phi) is 4.93. The zero-order valence-electron chi connectivity index (χ0n) is 9.79. The molecule has 0 heterocycles. The van der Waals surface area contributed by atoms with Crippen molar-refractivity contribution >= 4 is 0 Å². The highest BCUT2D eigenvalue weighted by Gasteiger charge is 2.34. The van der Waals surface area contributed by atoms with Crippen LogP contribution < -0.4 is 0 Å². The molecule has 0 aliphatic heterocycles. The lowest BCUT2D eigenvalue weighted by Crippen LogP contribution is -2.43. The second kappa shape index (κ2) is 4.97. The van der Waals surface area contributed by atoms with E-state index in [9.17, 15) is 5.11 Å². The van der Waals surface area contributed by atoms with Crippen molar-refractivity contribution in [2.45, 2.75) is 53.2 Å². The van der Waals surface area contributed by atoms with Gasteiger partial charge in [-0.25, -0.2) is 0 Å². The summed E-state index contributed by atoms with van der Waals surface area (Å²) in [6.07, 6.45) is 0.512. The van der Waals surface area contributed by atoms with Gasteiger partial charge in [0.15, 0.2) is 0 Å². The third-order valence-corrected chi connectivity index (χ3v) is 2.95. The van der Waals surface area contributed by atoms with Gasteiger partial charge in [0, 0.05) is 7.11 Å². The molecule has 0 spiro atoms. The molecule has 2 unspecified atom stereocenters. The molecular weight excluding hydrogens is 164 g/mol. The summed E-state index contributed by atoms with van der Waals surface area (Å²) in [4.78, 5) is 0. The van der Waals surface area contributed by atoms with Crippen molar-refractivity contribution in [2.24, 2.45) is 11.3 Å². The van der Waals surface area contributed by atoms with E-state index in [1.54, 1.807) is 7.11 Å². The van der Waals surface area contributed by atoms with Crippen LogP contribution in [0.25, 0.3) is 0 Å².